The van der Waals surface area contributed by atoms with Crippen molar-refractivity contribution in [2.45, 2.75) is 6.54 Å². The lowest BCUT2D eigenvalue weighted by Crippen LogP contribution is -2.34. The van der Waals surface area contributed by atoms with Gasteiger partial charge in [-0.15, -0.1) is 0 Å². The van der Waals surface area contributed by atoms with E-state index in [1.54, 1.807) is 30.3 Å². The van der Waals surface area contributed by atoms with Crippen molar-refractivity contribution in [2.75, 3.05) is 10.6 Å². The van der Waals surface area contributed by atoms with E-state index in [2.05, 4.69) is 15.6 Å². The Morgan fingerprint density at radius 1 is 1.09 bits per heavy atom. The van der Waals surface area contributed by atoms with E-state index in [1.807, 2.05) is 0 Å². The van der Waals surface area contributed by atoms with Crippen LogP contribution in [0.5, 0.6) is 0 Å². The van der Waals surface area contributed by atoms with Crippen LogP contribution in [-0.4, -0.2) is 20.4 Å². The molecule has 0 saturated heterocycles. The van der Waals surface area contributed by atoms with Gasteiger partial charge in [0.05, 0.1) is 17.2 Å². The van der Waals surface area contributed by atoms with Gasteiger partial charge in [-0.3, -0.25) is 29.3 Å². The highest BCUT2D eigenvalue weighted by Crippen LogP contribution is 2.30. The number of aromatic amines is 1. The van der Waals surface area contributed by atoms with Gasteiger partial charge in [0.1, 0.15) is 23.1 Å². The number of aromatic nitrogens is 2. The second kappa shape index (κ2) is 8.45. The topological polar surface area (TPSA) is 163 Å². The summed E-state index contributed by atoms with van der Waals surface area (Å²) in [7, 11) is 0. The van der Waals surface area contributed by atoms with Gasteiger partial charge < -0.3 is 10.6 Å². The second-order valence-corrected chi connectivity index (χ2v) is 7.32. The Labute approximate surface area is 189 Å². The lowest BCUT2D eigenvalue weighted by atomic mass is 10.1. The van der Waals surface area contributed by atoms with Crippen LogP contribution < -0.4 is 21.9 Å². The standard InChI is InChI=1S/C21H13ClN6O5/c22-15-7-2-1-4-12(15)10-27-18-17(20(30)26-21(27)31)24-16(14(9-23)19(29)25-18)11-5-3-6-13(8-11)28(32)33/h1-8,24H,10H2,(H,25,29)(H,26,30,31). The molecule has 0 saturated carbocycles. The number of nitro groups is 1. The van der Waals surface area contributed by atoms with Crippen molar-refractivity contribution >= 4 is 40.4 Å². The zero-order chi connectivity index (χ0) is 23.7. The Kier molecular flexibility index (Phi) is 5.51. The van der Waals surface area contributed by atoms with E-state index in [0.29, 0.717) is 10.6 Å². The van der Waals surface area contributed by atoms with Crippen LogP contribution in [0.25, 0.3) is 5.70 Å². The third kappa shape index (κ3) is 3.98. The zero-order valence-corrected chi connectivity index (χ0v) is 17.3. The van der Waals surface area contributed by atoms with Crippen LogP contribution in [0.1, 0.15) is 11.1 Å². The number of anilines is 2. The SMILES string of the molecule is N#CC1=C(c2cccc([N+](=O)[O-])c2)Nc2c(n(Cc3ccccc3Cl)c(=O)[nH]c2=O)NC1=O. The maximum Gasteiger partial charge on any atom is 0.330 e. The van der Waals surface area contributed by atoms with Gasteiger partial charge in [0, 0.05) is 22.7 Å². The number of hydrogen-bond donors (Lipinski definition) is 3. The van der Waals surface area contributed by atoms with Crippen LogP contribution >= 0.6 is 11.6 Å². The van der Waals surface area contributed by atoms with Gasteiger partial charge in [-0.1, -0.05) is 41.9 Å². The molecule has 0 spiro atoms. The Hall–Kier alpha value is -4.69. The molecule has 4 rings (SSSR count). The Balaban J connectivity index is 1.91. The molecule has 1 aliphatic rings. The lowest BCUT2D eigenvalue weighted by Gasteiger charge is -2.16. The monoisotopic (exact) mass is 464 g/mol. The molecule has 12 heteroatoms. The maximum atomic E-state index is 12.9. The van der Waals surface area contributed by atoms with Crippen molar-refractivity contribution in [2.24, 2.45) is 0 Å². The summed E-state index contributed by atoms with van der Waals surface area (Å²) in [6, 6.07) is 13.7. The number of carbonyl (C=O) groups is 1. The molecule has 0 fully saturated rings. The number of carbonyl (C=O) groups excluding carboxylic acids is 1. The van der Waals surface area contributed by atoms with Crippen LogP contribution in [-0.2, 0) is 11.3 Å². The fourth-order valence-corrected chi connectivity index (χ4v) is 3.53. The molecule has 1 aromatic heterocycles. The molecule has 0 radical (unpaired) electrons. The summed E-state index contributed by atoms with van der Waals surface area (Å²) in [6.45, 7) is -0.0897. The van der Waals surface area contributed by atoms with Gasteiger partial charge in [-0.25, -0.2) is 4.79 Å². The second-order valence-electron chi connectivity index (χ2n) is 6.91. The van der Waals surface area contributed by atoms with Gasteiger partial charge in [0.25, 0.3) is 17.2 Å². The molecule has 3 N–H and O–H groups in total. The Morgan fingerprint density at radius 2 is 1.85 bits per heavy atom. The third-order valence-electron chi connectivity index (χ3n) is 4.90. The summed E-state index contributed by atoms with van der Waals surface area (Å²) in [5.41, 5.74) is -2.03. The van der Waals surface area contributed by atoms with E-state index < -0.39 is 27.7 Å². The summed E-state index contributed by atoms with van der Waals surface area (Å²) in [6.07, 6.45) is 0. The number of non-ortho nitro benzene ring substituents is 1. The Morgan fingerprint density at radius 3 is 2.55 bits per heavy atom. The molecule has 0 atom stereocenters. The number of nitriles is 1. The third-order valence-corrected chi connectivity index (χ3v) is 5.27. The summed E-state index contributed by atoms with van der Waals surface area (Å²) in [5, 5.41) is 26.3. The molecule has 0 unspecified atom stereocenters. The number of amides is 1. The molecule has 1 amide bonds. The van der Waals surface area contributed by atoms with Gasteiger partial charge in [-0.2, -0.15) is 5.26 Å². The number of fused-ring (bicyclic) bond motifs is 1. The Bertz CT molecular complexity index is 1510. The van der Waals surface area contributed by atoms with E-state index >= 15 is 0 Å². The minimum atomic E-state index is -0.900. The lowest BCUT2D eigenvalue weighted by molar-refractivity contribution is -0.384. The van der Waals surface area contributed by atoms with Gasteiger partial charge in [0.15, 0.2) is 0 Å². The first-order valence-electron chi connectivity index (χ1n) is 9.38. The minimum Gasteiger partial charge on any atom is -0.346 e. The van der Waals surface area contributed by atoms with E-state index in [4.69, 9.17) is 11.6 Å². The quantitative estimate of drug-likeness (QED) is 0.394. The average Bonchev–Trinajstić information content (AvgIpc) is 2.94. The largest absolute Gasteiger partial charge is 0.346 e. The number of nitrogens with zero attached hydrogens (tertiary/aromatic N) is 3. The predicted molar refractivity (Wildman–Crippen MR) is 120 cm³/mol. The van der Waals surface area contributed by atoms with Crippen LogP contribution in [0, 0.1) is 21.4 Å². The molecular weight excluding hydrogens is 452 g/mol. The van der Waals surface area contributed by atoms with E-state index in [0.717, 1.165) is 10.6 Å². The molecule has 33 heavy (non-hydrogen) atoms. The van der Waals surface area contributed by atoms with Crippen LogP contribution in [0.15, 0.2) is 63.7 Å². The number of rotatable bonds is 4. The van der Waals surface area contributed by atoms with Gasteiger partial charge in [0.2, 0.25) is 0 Å². The minimum absolute atomic E-state index is 0.0897. The van der Waals surface area contributed by atoms with Crippen LogP contribution in [0.2, 0.25) is 5.02 Å². The summed E-state index contributed by atoms with van der Waals surface area (Å²) in [4.78, 5) is 50.8. The van der Waals surface area contributed by atoms with Crippen molar-refractivity contribution in [3.63, 3.8) is 0 Å². The number of H-pyrrole nitrogens is 1. The normalized spacial score (nSPS) is 12.8. The number of hydrogen-bond acceptors (Lipinski definition) is 7. The number of benzene rings is 2. The molecule has 1 aliphatic heterocycles. The van der Waals surface area contributed by atoms with E-state index in [9.17, 15) is 29.8 Å². The summed E-state index contributed by atoms with van der Waals surface area (Å²) >= 11 is 6.19. The molecule has 2 aromatic carbocycles. The van der Waals surface area contributed by atoms with Gasteiger partial charge >= 0.3 is 5.69 Å². The maximum absolute atomic E-state index is 12.9. The first-order valence-corrected chi connectivity index (χ1v) is 9.76. The fraction of sp³-hybridized carbons (Fsp3) is 0.0476. The van der Waals surface area contributed by atoms with Crippen molar-refractivity contribution < 1.29 is 9.72 Å². The van der Waals surface area contributed by atoms with Crippen LogP contribution in [0.3, 0.4) is 0 Å². The molecule has 11 nitrogen and oxygen atoms in total. The van der Waals surface area contributed by atoms with Crippen molar-refractivity contribution in [1.29, 1.82) is 5.26 Å². The highest BCUT2D eigenvalue weighted by Gasteiger charge is 2.28. The summed E-state index contributed by atoms with van der Waals surface area (Å²) in [5.74, 6) is -1.08. The zero-order valence-electron chi connectivity index (χ0n) is 16.6. The molecule has 0 aliphatic carbocycles. The van der Waals surface area contributed by atoms with Crippen molar-refractivity contribution in [1.82, 2.24) is 9.55 Å². The molecule has 164 valence electrons. The van der Waals surface area contributed by atoms with Gasteiger partial charge in [-0.05, 0) is 11.6 Å². The van der Waals surface area contributed by atoms with Crippen molar-refractivity contribution in [3.05, 3.63) is 101 Å². The molecule has 3 aromatic rings. The average molecular weight is 465 g/mol. The molecule has 2 heterocycles. The number of halogens is 1. The van der Waals surface area contributed by atoms with E-state index in [-0.39, 0.29) is 35.0 Å². The fourth-order valence-electron chi connectivity index (χ4n) is 3.33. The summed E-state index contributed by atoms with van der Waals surface area (Å²) < 4.78 is 1.09. The highest BCUT2D eigenvalue weighted by molar-refractivity contribution is 6.31. The first-order chi connectivity index (χ1) is 15.8. The smallest absolute Gasteiger partial charge is 0.330 e. The number of nitro benzene ring substituents is 1. The molecule has 0 bridgehead atoms. The molecular formula is C21H13ClN6O5. The van der Waals surface area contributed by atoms with Crippen LogP contribution in [0.4, 0.5) is 17.2 Å². The number of nitrogens with one attached hydrogen (secondary N) is 3. The van der Waals surface area contributed by atoms with Crippen molar-refractivity contribution in [3.8, 4) is 6.07 Å². The predicted octanol–water partition coefficient (Wildman–Crippen LogP) is 2.45. The first kappa shape index (κ1) is 21.5. The van der Waals surface area contributed by atoms with E-state index in [1.165, 1.54) is 18.2 Å². The highest BCUT2D eigenvalue weighted by atomic mass is 35.5.